The van der Waals surface area contributed by atoms with Crippen molar-refractivity contribution in [3.63, 3.8) is 0 Å². The number of hydrogen-bond donors (Lipinski definition) is 0. The molecule has 2 atom stereocenters. The van der Waals surface area contributed by atoms with E-state index in [2.05, 4.69) is 37.4 Å². The Morgan fingerprint density at radius 3 is 2.64 bits per heavy atom. The zero-order valence-electron chi connectivity index (χ0n) is 16.6. The van der Waals surface area contributed by atoms with Gasteiger partial charge in [0.2, 0.25) is 11.8 Å². The molecule has 0 radical (unpaired) electrons. The van der Waals surface area contributed by atoms with Crippen molar-refractivity contribution in [2.75, 3.05) is 13.1 Å². The normalized spacial score (nSPS) is 19.8. The second-order valence-electron chi connectivity index (χ2n) is 7.95. The highest BCUT2D eigenvalue weighted by Crippen LogP contribution is 2.38. The molecule has 2 heterocycles. The summed E-state index contributed by atoms with van der Waals surface area (Å²) in [5.74, 6) is 0.351. The highest BCUT2D eigenvalue weighted by Gasteiger charge is 2.38. The van der Waals surface area contributed by atoms with Crippen molar-refractivity contribution in [2.24, 2.45) is 5.92 Å². The number of fused-ring (bicyclic) bond motifs is 1. The van der Waals surface area contributed by atoms with E-state index >= 15 is 0 Å². The minimum absolute atomic E-state index is 0.0556. The molecule has 1 aromatic carbocycles. The topological polar surface area (TPSA) is 40.6 Å². The van der Waals surface area contributed by atoms with Crippen molar-refractivity contribution in [3.8, 4) is 0 Å². The van der Waals surface area contributed by atoms with Gasteiger partial charge in [0.15, 0.2) is 0 Å². The van der Waals surface area contributed by atoms with Gasteiger partial charge in [0.05, 0.1) is 6.04 Å². The molecule has 1 saturated carbocycles. The van der Waals surface area contributed by atoms with Crippen LogP contribution in [-0.4, -0.2) is 40.7 Å². The van der Waals surface area contributed by atoms with Crippen LogP contribution in [0, 0.1) is 5.92 Å². The third-order valence-electron chi connectivity index (χ3n) is 6.04. The van der Waals surface area contributed by atoms with Gasteiger partial charge in [-0.15, -0.1) is 11.3 Å². The van der Waals surface area contributed by atoms with Gasteiger partial charge < -0.3 is 9.80 Å². The molecule has 1 fully saturated rings. The number of rotatable bonds is 6. The summed E-state index contributed by atoms with van der Waals surface area (Å²) in [6.07, 6.45) is 3.69. The first-order valence-corrected chi connectivity index (χ1v) is 11.2. The van der Waals surface area contributed by atoms with Crippen molar-refractivity contribution in [2.45, 2.75) is 51.6 Å². The highest BCUT2D eigenvalue weighted by molar-refractivity contribution is 7.10. The molecule has 2 unspecified atom stereocenters. The first-order valence-electron chi connectivity index (χ1n) is 10.3. The third-order valence-corrected chi connectivity index (χ3v) is 7.04. The predicted molar refractivity (Wildman–Crippen MR) is 112 cm³/mol. The Balaban J connectivity index is 1.60. The van der Waals surface area contributed by atoms with Crippen LogP contribution in [0.25, 0.3) is 0 Å². The standard InChI is InChI=1S/C23H28N2O2S/c1-3-16(2)25(23(27)18-9-10-18)15-21(26)24-13-11-20-19(12-14-28-20)22(24)17-7-5-4-6-8-17/h4-8,12,14,16,18,22H,3,9-11,13,15H2,1-2H3. The van der Waals surface area contributed by atoms with Crippen molar-refractivity contribution < 1.29 is 9.59 Å². The van der Waals surface area contributed by atoms with Crippen molar-refractivity contribution in [1.29, 1.82) is 0 Å². The van der Waals surface area contributed by atoms with E-state index in [4.69, 9.17) is 0 Å². The maximum Gasteiger partial charge on any atom is 0.243 e. The summed E-state index contributed by atoms with van der Waals surface area (Å²) in [4.78, 5) is 31.4. The van der Waals surface area contributed by atoms with Gasteiger partial charge in [0, 0.05) is 23.4 Å². The van der Waals surface area contributed by atoms with Gasteiger partial charge >= 0.3 is 0 Å². The Labute approximate surface area is 171 Å². The lowest BCUT2D eigenvalue weighted by atomic mass is 9.93. The second kappa shape index (κ2) is 8.08. The zero-order valence-corrected chi connectivity index (χ0v) is 17.5. The van der Waals surface area contributed by atoms with Crippen LogP contribution in [0.2, 0.25) is 0 Å². The van der Waals surface area contributed by atoms with Crippen LogP contribution < -0.4 is 0 Å². The van der Waals surface area contributed by atoms with E-state index in [0.717, 1.165) is 31.2 Å². The lowest BCUT2D eigenvalue weighted by Crippen LogP contribution is -2.49. The van der Waals surface area contributed by atoms with Crippen molar-refractivity contribution in [1.82, 2.24) is 9.80 Å². The van der Waals surface area contributed by atoms with Crippen molar-refractivity contribution in [3.05, 3.63) is 57.8 Å². The van der Waals surface area contributed by atoms with E-state index in [1.54, 1.807) is 11.3 Å². The number of thiophene rings is 1. The number of amides is 2. The Hall–Kier alpha value is -2.14. The Morgan fingerprint density at radius 2 is 1.96 bits per heavy atom. The van der Waals surface area contributed by atoms with Gasteiger partial charge in [-0.25, -0.2) is 0 Å². The van der Waals surface area contributed by atoms with Crippen LogP contribution >= 0.6 is 11.3 Å². The molecule has 2 amide bonds. The van der Waals surface area contributed by atoms with Crippen LogP contribution in [0.5, 0.6) is 0 Å². The molecule has 1 aromatic heterocycles. The van der Waals surface area contributed by atoms with E-state index in [-0.39, 0.29) is 36.4 Å². The summed E-state index contributed by atoms with van der Waals surface area (Å²) in [5.41, 5.74) is 2.37. The maximum atomic E-state index is 13.4. The molecule has 2 aromatic rings. The van der Waals surface area contributed by atoms with Crippen LogP contribution in [0.1, 0.15) is 55.2 Å². The molecule has 1 aliphatic carbocycles. The van der Waals surface area contributed by atoms with E-state index in [1.807, 2.05) is 28.0 Å². The van der Waals surface area contributed by atoms with E-state index in [9.17, 15) is 9.59 Å². The van der Waals surface area contributed by atoms with Gasteiger partial charge in [-0.3, -0.25) is 9.59 Å². The molecule has 5 heteroatoms. The van der Waals surface area contributed by atoms with Crippen LogP contribution in [0.15, 0.2) is 41.8 Å². The fourth-order valence-corrected chi connectivity index (χ4v) is 4.96. The molecule has 0 saturated heterocycles. The molecule has 0 bridgehead atoms. The lowest BCUT2D eigenvalue weighted by molar-refractivity contribution is -0.144. The van der Waals surface area contributed by atoms with Gasteiger partial charge in [-0.1, -0.05) is 37.3 Å². The SMILES string of the molecule is CCC(C)N(CC(=O)N1CCc2sccc2C1c1ccccc1)C(=O)C1CC1. The summed E-state index contributed by atoms with van der Waals surface area (Å²) in [5, 5.41) is 2.12. The van der Waals surface area contributed by atoms with Gasteiger partial charge in [0.1, 0.15) is 6.54 Å². The van der Waals surface area contributed by atoms with E-state index in [0.29, 0.717) is 6.54 Å². The van der Waals surface area contributed by atoms with E-state index < -0.39 is 0 Å². The number of hydrogen-bond acceptors (Lipinski definition) is 3. The largest absolute Gasteiger partial charge is 0.330 e. The summed E-state index contributed by atoms with van der Waals surface area (Å²) in [6.45, 7) is 5.02. The first-order chi connectivity index (χ1) is 13.6. The smallest absolute Gasteiger partial charge is 0.243 e. The van der Waals surface area contributed by atoms with Crippen LogP contribution in [0.4, 0.5) is 0 Å². The first kappa shape index (κ1) is 19.2. The Bertz CT molecular complexity index is 843. The van der Waals surface area contributed by atoms with Gasteiger partial charge in [-0.2, -0.15) is 0 Å². The minimum Gasteiger partial charge on any atom is -0.330 e. The summed E-state index contributed by atoms with van der Waals surface area (Å²) in [7, 11) is 0. The minimum atomic E-state index is -0.0569. The molecular weight excluding hydrogens is 368 g/mol. The fourth-order valence-electron chi connectivity index (χ4n) is 4.05. The molecular formula is C23H28N2O2S. The number of benzene rings is 1. The summed E-state index contributed by atoms with van der Waals surface area (Å²) < 4.78 is 0. The number of nitrogens with zero attached hydrogens (tertiary/aromatic N) is 2. The second-order valence-corrected chi connectivity index (χ2v) is 8.95. The number of carbonyl (C=O) groups is 2. The summed E-state index contributed by atoms with van der Waals surface area (Å²) in [6, 6.07) is 12.4. The molecule has 0 N–H and O–H groups in total. The zero-order chi connectivity index (χ0) is 19.7. The van der Waals surface area contributed by atoms with E-state index in [1.165, 1.54) is 10.4 Å². The van der Waals surface area contributed by atoms with Gasteiger partial charge in [-0.05, 0) is 55.2 Å². The van der Waals surface area contributed by atoms with Crippen molar-refractivity contribution >= 4 is 23.2 Å². The molecule has 4 rings (SSSR count). The Kier molecular flexibility index (Phi) is 5.54. The fraction of sp³-hybridized carbons (Fsp3) is 0.478. The molecule has 0 spiro atoms. The predicted octanol–water partition coefficient (Wildman–Crippen LogP) is 4.26. The number of carbonyl (C=O) groups excluding carboxylic acids is 2. The maximum absolute atomic E-state index is 13.4. The lowest BCUT2D eigenvalue weighted by Gasteiger charge is -2.38. The monoisotopic (exact) mass is 396 g/mol. The average molecular weight is 397 g/mol. The molecule has 148 valence electrons. The molecule has 28 heavy (non-hydrogen) atoms. The molecule has 1 aliphatic heterocycles. The summed E-state index contributed by atoms with van der Waals surface area (Å²) >= 11 is 1.77. The third kappa shape index (κ3) is 3.72. The van der Waals surface area contributed by atoms with Crippen LogP contribution in [-0.2, 0) is 16.0 Å². The Morgan fingerprint density at radius 1 is 1.21 bits per heavy atom. The molecule has 2 aliphatic rings. The quantitative estimate of drug-likeness (QED) is 0.732. The molecule has 4 nitrogen and oxygen atoms in total. The highest BCUT2D eigenvalue weighted by atomic mass is 32.1. The average Bonchev–Trinajstić information content (AvgIpc) is 3.47. The van der Waals surface area contributed by atoms with Gasteiger partial charge in [0.25, 0.3) is 0 Å². The van der Waals surface area contributed by atoms with Crippen LogP contribution in [0.3, 0.4) is 0 Å².